The molecule has 1 aliphatic rings. The zero-order valence-electron chi connectivity index (χ0n) is 15.1. The van der Waals surface area contributed by atoms with Crippen LogP contribution in [-0.2, 0) is 21.1 Å². The summed E-state index contributed by atoms with van der Waals surface area (Å²) >= 11 is 0. The van der Waals surface area contributed by atoms with Crippen LogP contribution in [0.25, 0.3) is 11.1 Å². The van der Waals surface area contributed by atoms with Crippen molar-refractivity contribution < 1.29 is 17.6 Å². The van der Waals surface area contributed by atoms with Crippen molar-refractivity contribution in [2.45, 2.75) is 18.9 Å². The molecule has 0 aliphatic carbocycles. The molecule has 1 atom stereocenters. The van der Waals surface area contributed by atoms with Crippen LogP contribution in [0.1, 0.15) is 12.0 Å². The molecule has 0 bridgehead atoms. The van der Waals surface area contributed by atoms with E-state index in [4.69, 9.17) is 5.26 Å². The van der Waals surface area contributed by atoms with E-state index in [0.717, 1.165) is 22.1 Å². The van der Waals surface area contributed by atoms with Gasteiger partial charge >= 0.3 is 0 Å². The highest BCUT2D eigenvalue weighted by molar-refractivity contribution is 7.94. The first-order valence-corrected chi connectivity index (χ1v) is 10.5. The molecule has 1 amide bonds. The summed E-state index contributed by atoms with van der Waals surface area (Å²) in [5.74, 6) is -0.670. The van der Waals surface area contributed by atoms with Gasteiger partial charge in [0, 0.05) is 12.0 Å². The van der Waals surface area contributed by atoms with Crippen molar-refractivity contribution >= 4 is 15.7 Å². The Morgan fingerprint density at radius 2 is 1.71 bits per heavy atom. The lowest BCUT2D eigenvalue weighted by atomic mass is 10.0. The van der Waals surface area contributed by atoms with Gasteiger partial charge in [-0.3, -0.25) is 4.79 Å². The van der Waals surface area contributed by atoms with Crippen molar-refractivity contribution in [1.29, 1.82) is 5.26 Å². The van der Waals surface area contributed by atoms with Gasteiger partial charge < -0.3 is 4.90 Å². The van der Waals surface area contributed by atoms with Crippen LogP contribution in [0.5, 0.6) is 0 Å². The maximum absolute atomic E-state index is 13.0. The second-order valence-corrected chi connectivity index (χ2v) is 8.53. The maximum Gasteiger partial charge on any atom is 0.227 e. The molecule has 0 aromatic heterocycles. The topological polar surface area (TPSA) is 78.2 Å². The van der Waals surface area contributed by atoms with Crippen LogP contribution in [0.15, 0.2) is 60.0 Å². The molecule has 28 heavy (non-hydrogen) atoms. The summed E-state index contributed by atoms with van der Waals surface area (Å²) in [6.07, 6.45) is 1.75. The summed E-state index contributed by atoms with van der Waals surface area (Å²) in [7, 11) is -3.30. The third kappa shape index (κ3) is 4.84. The molecule has 0 N–H and O–H groups in total. The number of rotatable bonds is 6. The van der Waals surface area contributed by atoms with Gasteiger partial charge in [-0.1, -0.05) is 36.4 Å². The summed E-state index contributed by atoms with van der Waals surface area (Å²) in [6.45, 7) is 0.188. The fourth-order valence-corrected chi connectivity index (χ4v) is 4.43. The Labute approximate surface area is 163 Å². The molecule has 0 spiro atoms. The maximum atomic E-state index is 13.0. The van der Waals surface area contributed by atoms with Crippen LogP contribution < -0.4 is 0 Å². The standard InChI is InChI=1S/C21H19FN2O3S/c22-19-8-6-18(7-9-19)17-4-2-16(3-5-17)14-21(25)24(12-1-11-23)20-10-13-28(26,27)15-20/h2-10,13,20H,1,12,14-15H2. The molecular formula is C21H19FN2O3S. The van der Waals surface area contributed by atoms with Gasteiger partial charge in [-0.25, -0.2) is 12.8 Å². The van der Waals surface area contributed by atoms with Crippen LogP contribution in [0, 0.1) is 17.1 Å². The molecule has 2 aromatic carbocycles. The van der Waals surface area contributed by atoms with Crippen molar-refractivity contribution in [2.75, 3.05) is 12.3 Å². The highest BCUT2D eigenvalue weighted by Gasteiger charge is 2.29. The third-order valence-electron chi connectivity index (χ3n) is 4.58. The summed E-state index contributed by atoms with van der Waals surface area (Å²) in [4.78, 5) is 14.2. The smallest absolute Gasteiger partial charge is 0.227 e. The largest absolute Gasteiger partial charge is 0.334 e. The molecule has 144 valence electrons. The SMILES string of the molecule is N#CCCN(C(=O)Cc1ccc(-c2ccc(F)cc2)cc1)C1C=CS(=O)(=O)C1. The van der Waals surface area contributed by atoms with E-state index in [-0.39, 0.29) is 36.9 Å². The van der Waals surface area contributed by atoms with Crippen molar-refractivity contribution in [2.24, 2.45) is 0 Å². The van der Waals surface area contributed by atoms with Crippen LogP contribution in [0.3, 0.4) is 0 Å². The highest BCUT2D eigenvalue weighted by Crippen LogP contribution is 2.21. The summed E-state index contributed by atoms with van der Waals surface area (Å²) in [5.41, 5.74) is 2.56. The molecule has 2 aromatic rings. The quantitative estimate of drug-likeness (QED) is 0.749. The minimum Gasteiger partial charge on any atom is -0.334 e. The minimum absolute atomic E-state index is 0.111. The lowest BCUT2D eigenvalue weighted by Crippen LogP contribution is -2.42. The van der Waals surface area contributed by atoms with E-state index < -0.39 is 15.9 Å². The summed E-state index contributed by atoms with van der Waals surface area (Å²) < 4.78 is 36.4. The van der Waals surface area contributed by atoms with E-state index in [1.54, 1.807) is 12.1 Å². The van der Waals surface area contributed by atoms with Crippen molar-refractivity contribution in [3.63, 3.8) is 0 Å². The van der Waals surface area contributed by atoms with Crippen LogP contribution >= 0.6 is 0 Å². The number of hydrogen-bond acceptors (Lipinski definition) is 4. The first-order chi connectivity index (χ1) is 13.4. The lowest BCUT2D eigenvalue weighted by molar-refractivity contribution is -0.131. The molecule has 1 aliphatic heterocycles. The monoisotopic (exact) mass is 398 g/mol. The normalized spacial score (nSPS) is 17.2. The van der Waals surface area contributed by atoms with Gasteiger partial charge in [-0.2, -0.15) is 5.26 Å². The summed E-state index contributed by atoms with van der Waals surface area (Å²) in [5, 5.41) is 9.97. The van der Waals surface area contributed by atoms with Gasteiger partial charge in [0.1, 0.15) is 5.82 Å². The number of hydrogen-bond donors (Lipinski definition) is 0. The molecule has 7 heteroatoms. The van der Waals surface area contributed by atoms with E-state index in [0.29, 0.717) is 0 Å². The second-order valence-electron chi connectivity index (χ2n) is 6.60. The average molecular weight is 398 g/mol. The molecule has 1 unspecified atom stereocenters. The predicted molar refractivity (Wildman–Crippen MR) is 104 cm³/mol. The number of nitriles is 1. The van der Waals surface area contributed by atoms with Crippen LogP contribution in [0.4, 0.5) is 4.39 Å². The first kappa shape index (κ1) is 19.8. The molecule has 0 saturated carbocycles. The predicted octanol–water partition coefficient (Wildman–Crippen LogP) is 3.09. The number of nitrogens with zero attached hydrogens (tertiary/aromatic N) is 2. The summed E-state index contributed by atoms with van der Waals surface area (Å²) in [6, 6.07) is 15.0. The Morgan fingerprint density at radius 3 is 2.25 bits per heavy atom. The highest BCUT2D eigenvalue weighted by atomic mass is 32.2. The number of benzene rings is 2. The van der Waals surface area contributed by atoms with Crippen molar-refractivity contribution in [1.82, 2.24) is 4.90 Å². The van der Waals surface area contributed by atoms with Gasteiger partial charge in [-0.15, -0.1) is 0 Å². The number of carbonyl (C=O) groups is 1. The Hall–Kier alpha value is -2.98. The second kappa shape index (κ2) is 8.36. The molecule has 0 fully saturated rings. The van der Waals surface area contributed by atoms with Crippen LogP contribution in [0.2, 0.25) is 0 Å². The van der Waals surface area contributed by atoms with Gasteiger partial charge in [0.15, 0.2) is 9.84 Å². The number of amides is 1. The number of carbonyl (C=O) groups excluding carboxylic acids is 1. The minimum atomic E-state index is -3.30. The Morgan fingerprint density at radius 1 is 1.11 bits per heavy atom. The molecular weight excluding hydrogens is 379 g/mol. The van der Waals surface area contributed by atoms with Crippen LogP contribution in [-0.4, -0.2) is 37.6 Å². The van der Waals surface area contributed by atoms with E-state index in [9.17, 15) is 17.6 Å². The van der Waals surface area contributed by atoms with Gasteiger partial charge in [0.25, 0.3) is 0 Å². The zero-order valence-corrected chi connectivity index (χ0v) is 15.9. The molecule has 3 rings (SSSR count). The van der Waals surface area contributed by atoms with E-state index in [2.05, 4.69) is 0 Å². The van der Waals surface area contributed by atoms with Crippen molar-refractivity contribution in [3.05, 3.63) is 71.4 Å². The van der Waals surface area contributed by atoms with Gasteiger partial charge in [0.2, 0.25) is 5.91 Å². The molecule has 5 nitrogen and oxygen atoms in total. The molecule has 0 radical (unpaired) electrons. The fraction of sp³-hybridized carbons (Fsp3) is 0.238. The molecule has 0 saturated heterocycles. The van der Waals surface area contributed by atoms with Crippen molar-refractivity contribution in [3.8, 4) is 17.2 Å². The Bertz CT molecular complexity index is 1020. The van der Waals surface area contributed by atoms with E-state index >= 15 is 0 Å². The van der Waals surface area contributed by atoms with E-state index in [1.165, 1.54) is 23.1 Å². The number of halogens is 1. The number of sulfone groups is 1. The fourth-order valence-electron chi connectivity index (χ4n) is 3.13. The van der Waals surface area contributed by atoms with Gasteiger partial charge in [0.05, 0.1) is 30.7 Å². The molecule has 1 heterocycles. The lowest BCUT2D eigenvalue weighted by Gasteiger charge is -2.26. The van der Waals surface area contributed by atoms with E-state index in [1.807, 2.05) is 30.3 Å². The Kier molecular flexibility index (Phi) is 5.90. The first-order valence-electron chi connectivity index (χ1n) is 8.80. The van der Waals surface area contributed by atoms with Gasteiger partial charge in [-0.05, 0) is 34.9 Å². The third-order valence-corrected chi connectivity index (χ3v) is 5.96. The Balaban J connectivity index is 1.71. The average Bonchev–Trinajstić information content (AvgIpc) is 3.03. The zero-order chi connectivity index (χ0) is 20.1.